The lowest BCUT2D eigenvalue weighted by Crippen LogP contribution is -2.46. The van der Waals surface area contributed by atoms with E-state index in [9.17, 15) is 18.4 Å². The molecule has 2 heterocycles. The van der Waals surface area contributed by atoms with Crippen LogP contribution in [0.2, 0.25) is 0 Å². The Labute approximate surface area is 137 Å². The first kappa shape index (κ1) is 14.8. The summed E-state index contributed by atoms with van der Waals surface area (Å²) in [6.45, 7) is 0.806. The molecule has 24 heavy (non-hydrogen) atoms. The van der Waals surface area contributed by atoms with Crippen molar-refractivity contribution in [2.75, 3.05) is 6.54 Å². The molecule has 0 unspecified atom stereocenters. The van der Waals surface area contributed by atoms with Crippen molar-refractivity contribution in [2.24, 2.45) is 0 Å². The largest absolute Gasteiger partial charge is 0.336 e. The average Bonchev–Trinajstić information content (AvgIpc) is 3.02. The van der Waals surface area contributed by atoms with Gasteiger partial charge in [0.2, 0.25) is 0 Å². The van der Waals surface area contributed by atoms with Crippen LogP contribution < -0.4 is 5.32 Å². The molecule has 6 heteroatoms. The van der Waals surface area contributed by atoms with Crippen LogP contribution in [0.25, 0.3) is 0 Å². The number of carbonyl (C=O) groups excluding carboxylic acids is 2. The van der Waals surface area contributed by atoms with Crippen LogP contribution in [0, 0.1) is 11.6 Å². The first-order chi connectivity index (χ1) is 11.5. The van der Waals surface area contributed by atoms with Gasteiger partial charge in [-0.05, 0) is 35.4 Å². The summed E-state index contributed by atoms with van der Waals surface area (Å²) < 4.78 is 26.4. The molecule has 1 fully saturated rings. The predicted molar refractivity (Wildman–Crippen MR) is 82.0 cm³/mol. The lowest BCUT2D eigenvalue weighted by molar-refractivity contribution is -0.133. The summed E-state index contributed by atoms with van der Waals surface area (Å²) in [6, 6.07) is 9.88. The van der Waals surface area contributed by atoms with E-state index in [0.29, 0.717) is 25.1 Å². The molecule has 4 rings (SSSR count). The molecule has 0 radical (unpaired) electrons. The lowest BCUT2D eigenvalue weighted by atomic mass is 9.89. The molecule has 0 aliphatic carbocycles. The molecule has 2 aliphatic rings. The molecule has 2 aromatic carbocycles. The molecule has 1 spiro atoms. The molecule has 2 amide bonds. The second kappa shape index (κ2) is 5.12. The van der Waals surface area contributed by atoms with Crippen molar-refractivity contribution in [1.29, 1.82) is 0 Å². The van der Waals surface area contributed by atoms with Gasteiger partial charge in [-0.3, -0.25) is 9.59 Å². The molecule has 122 valence electrons. The standard InChI is InChI=1S/C18H14F2N2O2/c19-12-3-1-11(2-4-12)10-22-8-7-18(17(22)24)15-6-5-13(20)9-14(15)16(23)21-18/h1-6,9H,7-8,10H2,(H,21,23)/t18-/m0/s1. The summed E-state index contributed by atoms with van der Waals surface area (Å²) in [5.41, 5.74) is 0.443. The monoisotopic (exact) mass is 328 g/mol. The van der Waals surface area contributed by atoms with Gasteiger partial charge in [-0.25, -0.2) is 8.78 Å². The van der Waals surface area contributed by atoms with Crippen molar-refractivity contribution in [3.05, 3.63) is 70.8 Å². The molecule has 0 aromatic heterocycles. The molecular formula is C18H14F2N2O2. The van der Waals surface area contributed by atoms with Gasteiger partial charge in [0.25, 0.3) is 11.8 Å². The van der Waals surface area contributed by atoms with Gasteiger partial charge in [-0.1, -0.05) is 18.2 Å². The highest BCUT2D eigenvalue weighted by Crippen LogP contribution is 2.40. The summed E-state index contributed by atoms with van der Waals surface area (Å²) in [4.78, 5) is 26.7. The van der Waals surface area contributed by atoms with Crippen LogP contribution in [0.4, 0.5) is 8.78 Å². The second-order valence-corrected chi connectivity index (χ2v) is 6.15. The molecule has 1 saturated heterocycles. The van der Waals surface area contributed by atoms with Crippen molar-refractivity contribution in [1.82, 2.24) is 10.2 Å². The quantitative estimate of drug-likeness (QED) is 0.920. The summed E-state index contributed by atoms with van der Waals surface area (Å²) in [5.74, 6) is -1.48. The zero-order valence-electron chi connectivity index (χ0n) is 12.7. The number of fused-ring (bicyclic) bond motifs is 2. The van der Waals surface area contributed by atoms with Crippen molar-refractivity contribution >= 4 is 11.8 Å². The smallest absolute Gasteiger partial charge is 0.253 e. The van der Waals surface area contributed by atoms with Crippen LogP contribution in [0.15, 0.2) is 42.5 Å². The number of nitrogens with zero attached hydrogens (tertiary/aromatic N) is 1. The van der Waals surface area contributed by atoms with Crippen LogP contribution in [0.1, 0.15) is 27.9 Å². The topological polar surface area (TPSA) is 49.4 Å². The summed E-state index contributed by atoms with van der Waals surface area (Å²) in [7, 11) is 0. The first-order valence-corrected chi connectivity index (χ1v) is 7.66. The maximum absolute atomic E-state index is 13.4. The van der Waals surface area contributed by atoms with Gasteiger partial charge < -0.3 is 10.2 Å². The minimum Gasteiger partial charge on any atom is -0.336 e. The molecule has 0 bridgehead atoms. The molecule has 2 aromatic rings. The zero-order chi connectivity index (χ0) is 16.9. The number of likely N-dealkylation sites (tertiary alicyclic amines) is 1. The Hall–Kier alpha value is -2.76. The maximum atomic E-state index is 13.4. The number of amides is 2. The Morgan fingerprint density at radius 2 is 1.75 bits per heavy atom. The van der Waals surface area contributed by atoms with Crippen LogP contribution in [0.5, 0.6) is 0 Å². The fourth-order valence-corrected chi connectivity index (χ4v) is 3.51. The highest BCUT2D eigenvalue weighted by Gasteiger charge is 2.54. The highest BCUT2D eigenvalue weighted by molar-refractivity contribution is 6.07. The average molecular weight is 328 g/mol. The Balaban J connectivity index is 1.64. The fraction of sp³-hybridized carbons (Fsp3) is 0.222. The van der Waals surface area contributed by atoms with Crippen LogP contribution in [-0.4, -0.2) is 23.3 Å². The third-order valence-corrected chi connectivity index (χ3v) is 4.71. The van der Waals surface area contributed by atoms with E-state index in [1.165, 1.54) is 24.3 Å². The number of nitrogens with one attached hydrogen (secondary N) is 1. The fourth-order valence-electron chi connectivity index (χ4n) is 3.51. The van der Waals surface area contributed by atoms with E-state index in [1.807, 2.05) is 0 Å². The Bertz CT molecular complexity index is 851. The molecule has 1 atom stereocenters. The van der Waals surface area contributed by atoms with Gasteiger partial charge in [0.15, 0.2) is 0 Å². The second-order valence-electron chi connectivity index (χ2n) is 6.15. The third kappa shape index (κ3) is 2.10. The number of halogens is 2. The van der Waals surface area contributed by atoms with Gasteiger partial charge >= 0.3 is 0 Å². The van der Waals surface area contributed by atoms with Gasteiger partial charge in [0.05, 0.1) is 0 Å². The Morgan fingerprint density at radius 3 is 2.50 bits per heavy atom. The number of benzene rings is 2. The van der Waals surface area contributed by atoms with E-state index < -0.39 is 17.3 Å². The van der Waals surface area contributed by atoms with Gasteiger partial charge in [-0.15, -0.1) is 0 Å². The zero-order valence-corrected chi connectivity index (χ0v) is 12.7. The SMILES string of the molecule is O=C1N[C@@]2(CCN(Cc3ccc(F)cc3)C2=O)c2ccc(F)cc21. The van der Waals surface area contributed by atoms with Crippen LogP contribution in [0.3, 0.4) is 0 Å². The number of hydrogen-bond donors (Lipinski definition) is 1. The van der Waals surface area contributed by atoms with Crippen molar-refractivity contribution in [3.8, 4) is 0 Å². The summed E-state index contributed by atoms with van der Waals surface area (Å²) >= 11 is 0. The maximum Gasteiger partial charge on any atom is 0.253 e. The normalized spacial score (nSPS) is 22.2. The van der Waals surface area contributed by atoms with Crippen LogP contribution >= 0.6 is 0 Å². The van der Waals surface area contributed by atoms with Crippen molar-refractivity contribution in [3.63, 3.8) is 0 Å². The molecule has 2 aliphatic heterocycles. The van der Waals surface area contributed by atoms with Gasteiger partial charge in [0, 0.05) is 25.1 Å². The Morgan fingerprint density at radius 1 is 1.04 bits per heavy atom. The highest BCUT2D eigenvalue weighted by atomic mass is 19.1. The minimum atomic E-state index is -1.11. The van der Waals surface area contributed by atoms with Crippen molar-refractivity contribution in [2.45, 2.75) is 18.5 Å². The van der Waals surface area contributed by atoms with E-state index in [-0.39, 0.29) is 17.3 Å². The van der Waals surface area contributed by atoms with E-state index >= 15 is 0 Å². The molecular weight excluding hydrogens is 314 g/mol. The van der Waals surface area contributed by atoms with Crippen molar-refractivity contribution < 1.29 is 18.4 Å². The third-order valence-electron chi connectivity index (χ3n) is 4.71. The molecule has 1 N–H and O–H groups in total. The van der Waals surface area contributed by atoms with E-state index in [0.717, 1.165) is 11.6 Å². The van der Waals surface area contributed by atoms with Gasteiger partial charge in [-0.2, -0.15) is 0 Å². The van der Waals surface area contributed by atoms with E-state index in [4.69, 9.17) is 0 Å². The van der Waals surface area contributed by atoms with Gasteiger partial charge in [0.1, 0.15) is 17.2 Å². The Kier molecular flexibility index (Phi) is 3.16. The number of hydrogen-bond acceptors (Lipinski definition) is 2. The van der Waals surface area contributed by atoms with Crippen LogP contribution in [-0.2, 0) is 16.9 Å². The molecule has 0 saturated carbocycles. The summed E-state index contributed by atoms with van der Waals surface area (Å²) in [5, 5.41) is 2.74. The van der Waals surface area contributed by atoms with E-state index in [1.54, 1.807) is 17.0 Å². The lowest BCUT2D eigenvalue weighted by Gasteiger charge is -2.24. The van der Waals surface area contributed by atoms with E-state index in [2.05, 4.69) is 5.32 Å². The molecule has 4 nitrogen and oxygen atoms in total. The first-order valence-electron chi connectivity index (χ1n) is 7.66. The number of carbonyl (C=O) groups is 2. The predicted octanol–water partition coefficient (Wildman–Crippen LogP) is 2.34. The summed E-state index contributed by atoms with van der Waals surface area (Å²) in [6.07, 6.45) is 0.428. The minimum absolute atomic E-state index is 0.215. The number of rotatable bonds is 2.